The second-order valence-corrected chi connectivity index (χ2v) is 10.7. The molecule has 4 heterocycles. The zero-order valence-corrected chi connectivity index (χ0v) is 23.5. The first kappa shape index (κ1) is 28.2. The number of carbonyl (C=O) groups is 1. The molecule has 1 atom stereocenters. The normalized spacial score (nSPS) is 18.1. The Balaban J connectivity index is 1.34. The Morgan fingerprint density at radius 2 is 2.00 bits per heavy atom. The number of anilines is 4. The Morgan fingerprint density at radius 3 is 2.77 bits per heavy atom. The average molecular weight is 569 g/mol. The molecule has 2 saturated heterocycles. The number of benzene rings is 1. The maximum absolute atomic E-state index is 14.7. The minimum Gasteiger partial charge on any atom is -0.379 e. The van der Waals surface area contributed by atoms with Crippen molar-refractivity contribution in [3.05, 3.63) is 53.4 Å². The number of pyridine rings is 1. The number of aromatic nitrogens is 3. The van der Waals surface area contributed by atoms with Gasteiger partial charge in [-0.3, -0.25) is 4.79 Å². The van der Waals surface area contributed by atoms with Gasteiger partial charge >= 0.3 is 0 Å². The minimum atomic E-state index is -0.444. The number of nitrogens with one attached hydrogen (secondary N) is 2. The molecule has 12 heteroatoms. The zero-order valence-electron chi connectivity index (χ0n) is 22.7. The topological polar surface area (TPSA) is 98.8 Å². The molecule has 10 nitrogen and oxygen atoms in total. The van der Waals surface area contributed by atoms with Crippen molar-refractivity contribution >= 4 is 40.5 Å². The SMILES string of the molecule is CN1CCN(CCC(=O)Nc2cc(Nc3cc(-c4cc(Cl)ccc4F)nnc3N(C)[C@@H]3CCOC3)ccn2)CC1. The molecule has 212 valence electrons. The van der Waals surface area contributed by atoms with Crippen molar-refractivity contribution in [3.8, 4) is 11.3 Å². The van der Waals surface area contributed by atoms with E-state index in [1.165, 1.54) is 18.2 Å². The fourth-order valence-electron chi connectivity index (χ4n) is 4.83. The number of ether oxygens (including phenoxy) is 1. The molecule has 0 bridgehead atoms. The fraction of sp³-hybridized carbons (Fsp3) is 0.429. The minimum absolute atomic E-state index is 0.0884. The van der Waals surface area contributed by atoms with Crippen LogP contribution in [0.3, 0.4) is 0 Å². The van der Waals surface area contributed by atoms with E-state index in [-0.39, 0.29) is 17.5 Å². The molecule has 2 fully saturated rings. The van der Waals surface area contributed by atoms with Gasteiger partial charge in [-0.15, -0.1) is 10.2 Å². The molecule has 0 spiro atoms. The molecule has 2 N–H and O–H groups in total. The maximum Gasteiger partial charge on any atom is 0.226 e. The highest BCUT2D eigenvalue weighted by Crippen LogP contribution is 2.33. The van der Waals surface area contributed by atoms with Crippen LogP contribution in [-0.2, 0) is 9.53 Å². The molecule has 2 aliphatic heterocycles. The van der Waals surface area contributed by atoms with Crippen LogP contribution in [0.4, 0.5) is 27.4 Å². The van der Waals surface area contributed by atoms with E-state index in [4.69, 9.17) is 16.3 Å². The monoisotopic (exact) mass is 568 g/mol. The first-order valence-electron chi connectivity index (χ1n) is 13.4. The van der Waals surface area contributed by atoms with Crippen LogP contribution < -0.4 is 15.5 Å². The van der Waals surface area contributed by atoms with Crippen LogP contribution in [0.2, 0.25) is 5.02 Å². The van der Waals surface area contributed by atoms with Gasteiger partial charge < -0.3 is 30.1 Å². The van der Waals surface area contributed by atoms with E-state index < -0.39 is 5.82 Å². The van der Waals surface area contributed by atoms with Crippen molar-refractivity contribution in [3.63, 3.8) is 0 Å². The molecule has 0 aliphatic carbocycles. The molecule has 2 aliphatic rings. The van der Waals surface area contributed by atoms with Gasteiger partial charge in [0.1, 0.15) is 11.6 Å². The van der Waals surface area contributed by atoms with Gasteiger partial charge in [0.15, 0.2) is 5.82 Å². The number of amides is 1. The zero-order chi connectivity index (χ0) is 28.1. The molecule has 2 aromatic heterocycles. The number of piperazine rings is 1. The Morgan fingerprint density at radius 1 is 1.18 bits per heavy atom. The van der Waals surface area contributed by atoms with Crippen LogP contribution >= 0.6 is 11.6 Å². The lowest BCUT2D eigenvalue weighted by Crippen LogP contribution is -2.45. The number of halogens is 2. The van der Waals surface area contributed by atoms with Crippen LogP contribution in [0, 0.1) is 5.82 Å². The lowest BCUT2D eigenvalue weighted by atomic mass is 10.1. The number of likely N-dealkylation sites (N-methyl/N-ethyl adjacent to an activating group) is 2. The van der Waals surface area contributed by atoms with Gasteiger partial charge in [-0.25, -0.2) is 9.37 Å². The summed E-state index contributed by atoms with van der Waals surface area (Å²) in [7, 11) is 4.05. The third-order valence-corrected chi connectivity index (χ3v) is 7.56. The highest BCUT2D eigenvalue weighted by molar-refractivity contribution is 6.30. The summed E-state index contributed by atoms with van der Waals surface area (Å²) in [6.07, 6.45) is 2.88. The first-order valence-corrected chi connectivity index (χ1v) is 13.8. The Labute approximate surface area is 238 Å². The van der Waals surface area contributed by atoms with Crippen LogP contribution in [0.5, 0.6) is 0 Å². The van der Waals surface area contributed by atoms with Crippen LogP contribution in [0.15, 0.2) is 42.6 Å². The predicted octanol–water partition coefficient (Wildman–Crippen LogP) is 3.88. The highest BCUT2D eigenvalue weighted by Gasteiger charge is 2.25. The van der Waals surface area contributed by atoms with Crippen LogP contribution in [0.1, 0.15) is 12.8 Å². The number of carbonyl (C=O) groups excluding carboxylic acids is 1. The summed E-state index contributed by atoms with van der Waals surface area (Å²) in [5.41, 5.74) is 1.91. The van der Waals surface area contributed by atoms with Gasteiger partial charge in [0.25, 0.3) is 0 Å². The summed E-state index contributed by atoms with van der Waals surface area (Å²) in [5.74, 6) is 0.502. The Bertz CT molecular complexity index is 1330. The molecule has 0 unspecified atom stereocenters. The molecule has 5 rings (SSSR count). The van der Waals surface area contributed by atoms with Crippen molar-refractivity contribution in [2.75, 3.05) is 75.6 Å². The van der Waals surface area contributed by atoms with Crippen molar-refractivity contribution in [2.45, 2.75) is 18.9 Å². The van der Waals surface area contributed by atoms with E-state index in [1.807, 2.05) is 11.9 Å². The van der Waals surface area contributed by atoms with Gasteiger partial charge in [0.05, 0.1) is 24.0 Å². The Kier molecular flexibility index (Phi) is 9.05. The number of rotatable bonds is 9. The standard InChI is InChI=1S/C28H34ClFN8O2/c1-36-10-12-38(13-11-36)9-6-27(39)33-26-16-20(5-8-31-26)32-25-17-24(22-15-19(29)3-4-23(22)30)34-35-28(25)37(2)21-7-14-40-18-21/h3-5,8,15-17,21H,6-7,9-14,18H2,1-2H3,(H2,31,32,33,34,39)/t21-/m1/s1. The number of nitrogens with zero attached hydrogens (tertiary/aromatic N) is 6. The van der Waals surface area contributed by atoms with Gasteiger partial charge in [-0.1, -0.05) is 11.6 Å². The highest BCUT2D eigenvalue weighted by atomic mass is 35.5. The lowest BCUT2D eigenvalue weighted by molar-refractivity contribution is -0.116. The fourth-order valence-corrected chi connectivity index (χ4v) is 5.00. The van der Waals surface area contributed by atoms with Crippen molar-refractivity contribution < 1.29 is 13.9 Å². The van der Waals surface area contributed by atoms with Crippen LogP contribution in [-0.4, -0.2) is 97.0 Å². The summed E-state index contributed by atoms with van der Waals surface area (Å²) in [4.78, 5) is 23.6. The summed E-state index contributed by atoms with van der Waals surface area (Å²) >= 11 is 6.14. The van der Waals surface area contributed by atoms with E-state index in [0.29, 0.717) is 59.9 Å². The average Bonchev–Trinajstić information content (AvgIpc) is 3.49. The van der Waals surface area contributed by atoms with E-state index in [0.717, 1.165) is 32.6 Å². The first-order chi connectivity index (χ1) is 19.4. The van der Waals surface area contributed by atoms with Gasteiger partial charge in [0.2, 0.25) is 5.91 Å². The van der Waals surface area contributed by atoms with Gasteiger partial charge in [-0.2, -0.15) is 0 Å². The molecule has 0 saturated carbocycles. The molecule has 3 aromatic rings. The third-order valence-electron chi connectivity index (χ3n) is 7.32. The quantitative estimate of drug-likeness (QED) is 0.398. The lowest BCUT2D eigenvalue weighted by Gasteiger charge is -2.32. The predicted molar refractivity (Wildman–Crippen MR) is 155 cm³/mol. The molecule has 40 heavy (non-hydrogen) atoms. The van der Waals surface area contributed by atoms with Gasteiger partial charge in [0, 0.05) is 81.3 Å². The Hall–Kier alpha value is -3.38. The molecular weight excluding hydrogens is 535 g/mol. The van der Waals surface area contributed by atoms with E-state index in [1.54, 1.807) is 24.4 Å². The largest absolute Gasteiger partial charge is 0.379 e. The van der Waals surface area contributed by atoms with Gasteiger partial charge in [-0.05, 0) is 43.8 Å². The summed E-state index contributed by atoms with van der Waals surface area (Å²) in [6, 6.07) is 9.77. The summed E-state index contributed by atoms with van der Waals surface area (Å²) < 4.78 is 20.2. The van der Waals surface area contributed by atoms with Crippen molar-refractivity contribution in [1.29, 1.82) is 0 Å². The van der Waals surface area contributed by atoms with E-state index in [9.17, 15) is 9.18 Å². The summed E-state index contributed by atoms with van der Waals surface area (Å²) in [5, 5.41) is 15.5. The second-order valence-electron chi connectivity index (χ2n) is 10.2. The molecule has 0 radical (unpaired) electrons. The summed E-state index contributed by atoms with van der Waals surface area (Å²) in [6.45, 7) is 5.93. The molecular formula is C28H34ClFN8O2. The molecule has 1 amide bonds. The third kappa shape index (κ3) is 7.03. The second kappa shape index (κ2) is 12.9. The van der Waals surface area contributed by atoms with E-state index >= 15 is 0 Å². The van der Waals surface area contributed by atoms with Crippen LogP contribution in [0.25, 0.3) is 11.3 Å². The molecule has 1 aromatic carbocycles. The maximum atomic E-state index is 14.7. The van der Waals surface area contributed by atoms with E-state index in [2.05, 4.69) is 42.7 Å². The van der Waals surface area contributed by atoms with Crippen molar-refractivity contribution in [2.24, 2.45) is 0 Å². The number of hydrogen-bond donors (Lipinski definition) is 2. The smallest absolute Gasteiger partial charge is 0.226 e. The number of hydrogen-bond acceptors (Lipinski definition) is 9. The van der Waals surface area contributed by atoms with Crippen molar-refractivity contribution in [1.82, 2.24) is 25.0 Å².